The molecule has 18 heavy (non-hydrogen) atoms. The molecule has 0 spiro atoms. The highest BCUT2D eigenvalue weighted by molar-refractivity contribution is 7.79. The van der Waals surface area contributed by atoms with Crippen molar-refractivity contribution in [2.75, 3.05) is 5.75 Å². The fourth-order valence-corrected chi connectivity index (χ4v) is 1.97. The highest BCUT2D eigenvalue weighted by atomic mass is 32.2. The van der Waals surface area contributed by atoms with Crippen molar-refractivity contribution >= 4 is 11.1 Å². The molecule has 1 atom stereocenters. The van der Waals surface area contributed by atoms with Crippen molar-refractivity contribution in [3.63, 3.8) is 0 Å². The van der Waals surface area contributed by atoms with Crippen molar-refractivity contribution in [2.24, 2.45) is 0 Å². The maximum absolute atomic E-state index is 10.4. The first-order valence-electron chi connectivity index (χ1n) is 6.42. The molecule has 0 aliphatic heterocycles. The zero-order valence-electron chi connectivity index (χ0n) is 12.0. The molecule has 0 aliphatic rings. The van der Waals surface area contributed by atoms with E-state index in [4.69, 9.17) is 0 Å². The Balaban J connectivity index is 3.89. The average Bonchev–Trinajstić information content (AvgIpc) is 2.25. The number of hydrogen-bond donors (Lipinski definition) is 0. The third-order valence-electron chi connectivity index (χ3n) is 2.69. The Bertz CT molecular complexity index is 348. The Morgan fingerprint density at radius 1 is 0.944 bits per heavy atom. The zero-order chi connectivity index (χ0) is 14.0. The van der Waals surface area contributed by atoms with Crippen molar-refractivity contribution in [1.29, 1.82) is 0 Å². The van der Waals surface area contributed by atoms with Crippen molar-refractivity contribution in [2.45, 2.75) is 53.4 Å². The van der Waals surface area contributed by atoms with Gasteiger partial charge in [0, 0.05) is 5.75 Å². The lowest BCUT2D eigenvalue weighted by molar-refractivity contribution is 0.540. The molecule has 0 heterocycles. The summed E-state index contributed by atoms with van der Waals surface area (Å²) >= 11 is -1.96. The molecule has 104 valence electrons. The van der Waals surface area contributed by atoms with Gasteiger partial charge in [-0.3, -0.25) is 4.21 Å². The van der Waals surface area contributed by atoms with Gasteiger partial charge in [-0.2, -0.15) is 0 Å². The van der Waals surface area contributed by atoms with Gasteiger partial charge in [0.1, 0.15) is 0 Å². The minimum absolute atomic E-state index is 0.134. The Kier molecular flexibility index (Phi) is 9.89. The molecule has 0 aromatic heterocycles. The lowest BCUT2D eigenvalue weighted by atomic mass is 10.1. The van der Waals surface area contributed by atoms with Crippen LogP contribution in [0.25, 0.3) is 0 Å². The van der Waals surface area contributed by atoms with Gasteiger partial charge >= 0.3 is 0 Å². The summed E-state index contributed by atoms with van der Waals surface area (Å²) in [5.41, 5.74) is 3.92. The zero-order valence-corrected chi connectivity index (χ0v) is 12.8. The van der Waals surface area contributed by atoms with E-state index < -0.39 is 11.1 Å². The highest BCUT2D eigenvalue weighted by Gasteiger charge is 1.92. The second-order valence-electron chi connectivity index (χ2n) is 4.93. The normalized spacial score (nSPS) is 14.5. The van der Waals surface area contributed by atoms with Gasteiger partial charge in [0.25, 0.3) is 0 Å². The maximum Gasteiger partial charge on any atom is 0.0284 e. The minimum Gasteiger partial charge on any atom is -0.772 e. The molecule has 0 amide bonds. The van der Waals surface area contributed by atoms with E-state index in [0.29, 0.717) is 0 Å². The summed E-state index contributed by atoms with van der Waals surface area (Å²) in [5, 5.41) is 0. The van der Waals surface area contributed by atoms with E-state index in [-0.39, 0.29) is 5.75 Å². The van der Waals surface area contributed by atoms with Crippen LogP contribution in [0.2, 0.25) is 0 Å². The molecule has 0 fully saturated rings. The summed E-state index contributed by atoms with van der Waals surface area (Å²) in [6.45, 7) is 8.38. The Morgan fingerprint density at radius 2 is 1.44 bits per heavy atom. The molecule has 0 aromatic rings. The molecule has 3 heteroatoms. The number of rotatable bonds is 8. The van der Waals surface area contributed by atoms with Crippen molar-refractivity contribution in [1.82, 2.24) is 0 Å². The molecule has 0 saturated carbocycles. The number of allylic oxidation sites excluding steroid dienone is 5. The molecule has 0 rings (SSSR count). The van der Waals surface area contributed by atoms with E-state index in [1.165, 1.54) is 11.1 Å². The monoisotopic (exact) mass is 269 g/mol. The van der Waals surface area contributed by atoms with Gasteiger partial charge in [0.05, 0.1) is 0 Å². The average molecular weight is 269 g/mol. The highest BCUT2D eigenvalue weighted by Crippen LogP contribution is 2.11. The van der Waals surface area contributed by atoms with Crippen LogP contribution in [0.15, 0.2) is 34.9 Å². The van der Waals surface area contributed by atoms with Crippen LogP contribution in [0, 0.1) is 0 Å². The largest absolute Gasteiger partial charge is 0.772 e. The summed E-state index contributed by atoms with van der Waals surface area (Å²) in [6.07, 6.45) is 10.4. The van der Waals surface area contributed by atoms with Gasteiger partial charge in [-0.1, -0.05) is 46.0 Å². The van der Waals surface area contributed by atoms with Crippen LogP contribution >= 0.6 is 0 Å². The van der Waals surface area contributed by atoms with Gasteiger partial charge in [0.2, 0.25) is 0 Å². The summed E-state index contributed by atoms with van der Waals surface area (Å²) in [5.74, 6) is 0.134. The maximum atomic E-state index is 10.4. The van der Waals surface area contributed by atoms with E-state index in [2.05, 4.69) is 32.9 Å². The summed E-state index contributed by atoms with van der Waals surface area (Å²) in [6, 6.07) is 0. The van der Waals surface area contributed by atoms with E-state index >= 15 is 0 Å². The van der Waals surface area contributed by atoms with Gasteiger partial charge < -0.3 is 4.55 Å². The smallest absolute Gasteiger partial charge is 0.0284 e. The number of hydrogen-bond acceptors (Lipinski definition) is 2. The van der Waals surface area contributed by atoms with Crippen LogP contribution < -0.4 is 0 Å². The van der Waals surface area contributed by atoms with E-state index in [1.54, 1.807) is 6.08 Å². The van der Waals surface area contributed by atoms with Gasteiger partial charge in [-0.25, -0.2) is 0 Å². The van der Waals surface area contributed by atoms with E-state index in [0.717, 1.165) is 31.3 Å². The van der Waals surface area contributed by atoms with Crippen molar-refractivity contribution in [3.05, 3.63) is 34.9 Å². The predicted octanol–water partition coefficient (Wildman–Crippen LogP) is 4.28. The lowest BCUT2D eigenvalue weighted by Crippen LogP contribution is -1.92. The molecular formula is C15H25O2S-. The van der Waals surface area contributed by atoms with Crippen molar-refractivity contribution < 1.29 is 8.76 Å². The van der Waals surface area contributed by atoms with Crippen LogP contribution in [0.3, 0.4) is 0 Å². The third kappa shape index (κ3) is 11.8. The van der Waals surface area contributed by atoms with Gasteiger partial charge in [0.15, 0.2) is 0 Å². The second-order valence-corrected chi connectivity index (χ2v) is 5.87. The molecule has 0 saturated heterocycles. The van der Waals surface area contributed by atoms with Crippen LogP contribution in [0.4, 0.5) is 0 Å². The molecule has 0 bridgehead atoms. The van der Waals surface area contributed by atoms with Gasteiger partial charge in [-0.05, 0) is 53.4 Å². The molecule has 1 unspecified atom stereocenters. The molecule has 0 aliphatic carbocycles. The molecule has 0 aromatic carbocycles. The Hall–Kier alpha value is -0.670. The van der Waals surface area contributed by atoms with Gasteiger partial charge in [-0.15, -0.1) is 0 Å². The Labute approximate surface area is 114 Å². The second kappa shape index (κ2) is 10.3. The predicted molar refractivity (Wildman–Crippen MR) is 79.2 cm³/mol. The van der Waals surface area contributed by atoms with Crippen molar-refractivity contribution in [3.8, 4) is 0 Å². The SMILES string of the molecule is CC(C)=CCC/C(C)=C/CC/C(C)=C/CS(=O)[O-]. The van der Waals surface area contributed by atoms with E-state index in [1.807, 2.05) is 6.92 Å². The molecular weight excluding hydrogens is 244 g/mol. The standard InChI is InChI=1S/C15H26O2S/c1-13(2)7-5-8-14(3)9-6-10-15(4)11-12-18(16)17/h7,9,11H,5-6,8,10,12H2,1-4H3,(H,16,17)/p-1/b14-9+,15-11+. The molecule has 0 N–H and O–H groups in total. The third-order valence-corrected chi connectivity index (χ3v) is 3.13. The lowest BCUT2D eigenvalue weighted by Gasteiger charge is -2.03. The van der Waals surface area contributed by atoms with Crippen LogP contribution in [-0.4, -0.2) is 14.5 Å². The summed E-state index contributed by atoms with van der Waals surface area (Å²) in [4.78, 5) is 0. The van der Waals surface area contributed by atoms with Crippen LogP contribution in [-0.2, 0) is 11.1 Å². The minimum atomic E-state index is -1.96. The first-order valence-corrected chi connectivity index (χ1v) is 7.66. The Morgan fingerprint density at radius 3 is 1.94 bits per heavy atom. The molecule has 0 radical (unpaired) electrons. The summed E-state index contributed by atoms with van der Waals surface area (Å²) in [7, 11) is 0. The topological polar surface area (TPSA) is 40.1 Å². The molecule has 2 nitrogen and oxygen atoms in total. The summed E-state index contributed by atoms with van der Waals surface area (Å²) < 4.78 is 20.8. The quantitative estimate of drug-likeness (QED) is 0.487. The first kappa shape index (κ1) is 17.3. The van der Waals surface area contributed by atoms with Crippen LogP contribution in [0.1, 0.15) is 53.4 Å². The van der Waals surface area contributed by atoms with E-state index in [9.17, 15) is 8.76 Å². The fourth-order valence-electron chi connectivity index (χ4n) is 1.55. The first-order chi connectivity index (χ1) is 8.41. The fraction of sp³-hybridized carbons (Fsp3) is 0.600. The van der Waals surface area contributed by atoms with Crippen LogP contribution in [0.5, 0.6) is 0 Å².